The molecule has 0 unspecified atom stereocenters. The first-order valence-corrected chi connectivity index (χ1v) is 7.09. The van der Waals surface area contributed by atoms with Crippen LogP contribution in [-0.2, 0) is 6.42 Å². The Labute approximate surface area is 111 Å². The molecular weight excluding hydrogens is 242 g/mol. The highest BCUT2D eigenvalue weighted by molar-refractivity contribution is 7.12. The average molecular weight is 257 g/mol. The van der Waals surface area contributed by atoms with Gasteiger partial charge in [-0.1, -0.05) is 0 Å². The van der Waals surface area contributed by atoms with Crippen molar-refractivity contribution in [1.82, 2.24) is 0 Å². The van der Waals surface area contributed by atoms with Crippen molar-refractivity contribution in [2.75, 3.05) is 11.9 Å². The van der Waals surface area contributed by atoms with Crippen molar-refractivity contribution >= 4 is 22.8 Å². The SMILES string of the molecule is Cc1ccsc1C(=O)c1ccc2c(c1)CCCN2. The van der Waals surface area contributed by atoms with Crippen molar-refractivity contribution in [2.45, 2.75) is 19.8 Å². The number of benzene rings is 1. The van der Waals surface area contributed by atoms with Crippen molar-refractivity contribution in [1.29, 1.82) is 0 Å². The smallest absolute Gasteiger partial charge is 0.203 e. The van der Waals surface area contributed by atoms with E-state index < -0.39 is 0 Å². The average Bonchev–Trinajstić information content (AvgIpc) is 2.83. The number of anilines is 1. The lowest BCUT2D eigenvalue weighted by Gasteiger charge is -2.18. The van der Waals surface area contributed by atoms with Crippen LogP contribution in [0.3, 0.4) is 0 Å². The van der Waals surface area contributed by atoms with E-state index in [1.54, 1.807) is 0 Å². The molecule has 0 amide bonds. The van der Waals surface area contributed by atoms with E-state index in [0.29, 0.717) is 0 Å². The molecule has 0 atom stereocenters. The Morgan fingerprint density at radius 3 is 3.00 bits per heavy atom. The Morgan fingerprint density at radius 1 is 1.33 bits per heavy atom. The quantitative estimate of drug-likeness (QED) is 0.832. The van der Waals surface area contributed by atoms with Crippen molar-refractivity contribution in [3.8, 4) is 0 Å². The highest BCUT2D eigenvalue weighted by atomic mass is 32.1. The molecule has 0 radical (unpaired) electrons. The standard InChI is InChI=1S/C15H15NOS/c1-10-6-8-18-15(10)14(17)12-4-5-13-11(9-12)3-2-7-16-13/h4-6,8-9,16H,2-3,7H2,1H3. The molecule has 0 bridgehead atoms. The van der Waals surface area contributed by atoms with Crippen LogP contribution in [0.5, 0.6) is 0 Å². The first-order valence-electron chi connectivity index (χ1n) is 6.21. The molecule has 18 heavy (non-hydrogen) atoms. The molecule has 3 heteroatoms. The summed E-state index contributed by atoms with van der Waals surface area (Å²) in [5.74, 6) is 0.149. The topological polar surface area (TPSA) is 29.1 Å². The summed E-state index contributed by atoms with van der Waals surface area (Å²) in [5, 5.41) is 5.34. The number of aryl methyl sites for hydroxylation is 2. The Bertz CT molecular complexity index is 600. The maximum Gasteiger partial charge on any atom is 0.203 e. The van der Waals surface area contributed by atoms with Gasteiger partial charge < -0.3 is 5.32 Å². The fourth-order valence-electron chi connectivity index (χ4n) is 2.35. The molecule has 0 saturated heterocycles. The number of carbonyl (C=O) groups is 1. The minimum absolute atomic E-state index is 0.149. The van der Waals surface area contributed by atoms with Gasteiger partial charge in [0.25, 0.3) is 0 Å². The molecule has 92 valence electrons. The molecule has 2 aromatic rings. The van der Waals surface area contributed by atoms with Crippen LogP contribution < -0.4 is 5.32 Å². The predicted octanol–water partition coefficient (Wildman–Crippen LogP) is 3.65. The zero-order valence-corrected chi connectivity index (χ0v) is 11.1. The molecule has 1 aliphatic heterocycles. The molecule has 1 aromatic heterocycles. The minimum Gasteiger partial charge on any atom is -0.385 e. The maximum absolute atomic E-state index is 12.4. The van der Waals surface area contributed by atoms with Gasteiger partial charge in [0.2, 0.25) is 5.78 Å². The first kappa shape index (κ1) is 11.5. The van der Waals surface area contributed by atoms with E-state index in [4.69, 9.17) is 0 Å². The van der Waals surface area contributed by atoms with Gasteiger partial charge in [0.1, 0.15) is 0 Å². The van der Waals surface area contributed by atoms with Gasteiger partial charge in [0, 0.05) is 17.8 Å². The zero-order valence-electron chi connectivity index (χ0n) is 10.3. The largest absolute Gasteiger partial charge is 0.385 e. The maximum atomic E-state index is 12.4. The molecular formula is C15H15NOS. The molecule has 0 saturated carbocycles. The molecule has 0 spiro atoms. The van der Waals surface area contributed by atoms with Crippen molar-refractivity contribution in [2.24, 2.45) is 0 Å². The second kappa shape index (κ2) is 4.58. The highest BCUT2D eigenvalue weighted by Gasteiger charge is 2.16. The molecule has 0 aliphatic carbocycles. The number of carbonyl (C=O) groups excluding carboxylic acids is 1. The molecule has 1 aliphatic rings. The van der Waals surface area contributed by atoms with Crippen molar-refractivity contribution in [3.05, 3.63) is 51.2 Å². The normalized spacial score (nSPS) is 13.8. The molecule has 2 heterocycles. The third kappa shape index (κ3) is 1.95. The first-order chi connectivity index (χ1) is 8.75. The van der Waals surface area contributed by atoms with Gasteiger partial charge in [-0.15, -0.1) is 11.3 Å². The van der Waals surface area contributed by atoms with Crippen LogP contribution in [-0.4, -0.2) is 12.3 Å². The van der Waals surface area contributed by atoms with E-state index in [-0.39, 0.29) is 5.78 Å². The minimum atomic E-state index is 0.149. The number of hydrogen-bond acceptors (Lipinski definition) is 3. The lowest BCUT2D eigenvalue weighted by molar-refractivity contribution is 0.104. The lowest BCUT2D eigenvalue weighted by Crippen LogP contribution is -2.12. The van der Waals surface area contributed by atoms with Gasteiger partial charge in [-0.25, -0.2) is 0 Å². The van der Waals surface area contributed by atoms with E-state index in [1.807, 2.05) is 36.6 Å². The summed E-state index contributed by atoms with van der Waals surface area (Å²) in [6.07, 6.45) is 2.20. The summed E-state index contributed by atoms with van der Waals surface area (Å²) < 4.78 is 0. The van der Waals surface area contributed by atoms with E-state index in [1.165, 1.54) is 22.6 Å². The molecule has 0 fully saturated rings. The molecule has 3 rings (SSSR count). The monoisotopic (exact) mass is 257 g/mol. The zero-order chi connectivity index (χ0) is 12.5. The Morgan fingerprint density at radius 2 is 2.22 bits per heavy atom. The van der Waals surface area contributed by atoms with E-state index in [2.05, 4.69) is 5.32 Å². The van der Waals surface area contributed by atoms with Crippen LogP contribution in [0.4, 0.5) is 5.69 Å². The Balaban J connectivity index is 1.98. The number of rotatable bonds is 2. The number of nitrogens with one attached hydrogen (secondary N) is 1. The van der Waals surface area contributed by atoms with E-state index in [0.717, 1.165) is 35.4 Å². The van der Waals surface area contributed by atoms with E-state index in [9.17, 15) is 4.79 Å². The number of ketones is 1. The highest BCUT2D eigenvalue weighted by Crippen LogP contribution is 2.26. The molecule has 1 N–H and O–H groups in total. The third-order valence-electron chi connectivity index (χ3n) is 3.37. The Kier molecular flexibility index (Phi) is 2.92. The van der Waals surface area contributed by atoms with E-state index >= 15 is 0 Å². The Hall–Kier alpha value is -1.61. The van der Waals surface area contributed by atoms with Gasteiger partial charge >= 0.3 is 0 Å². The molecule has 2 nitrogen and oxygen atoms in total. The van der Waals surface area contributed by atoms with Crippen LogP contribution in [0.2, 0.25) is 0 Å². The number of hydrogen-bond donors (Lipinski definition) is 1. The van der Waals surface area contributed by atoms with Crippen LogP contribution in [0.1, 0.15) is 32.8 Å². The van der Waals surface area contributed by atoms with Gasteiger partial charge in [0.05, 0.1) is 4.88 Å². The van der Waals surface area contributed by atoms with Gasteiger partial charge in [-0.3, -0.25) is 4.79 Å². The lowest BCUT2D eigenvalue weighted by atomic mass is 9.98. The fraction of sp³-hybridized carbons (Fsp3) is 0.267. The van der Waals surface area contributed by atoms with Gasteiger partial charge in [0.15, 0.2) is 0 Å². The summed E-state index contributed by atoms with van der Waals surface area (Å²) in [4.78, 5) is 13.3. The van der Waals surface area contributed by atoms with Crippen LogP contribution in [0.25, 0.3) is 0 Å². The van der Waals surface area contributed by atoms with Gasteiger partial charge in [-0.05, 0) is 60.5 Å². The fourth-order valence-corrected chi connectivity index (χ4v) is 3.24. The third-order valence-corrected chi connectivity index (χ3v) is 4.39. The summed E-state index contributed by atoms with van der Waals surface area (Å²) in [5.41, 5.74) is 4.32. The number of fused-ring (bicyclic) bond motifs is 1. The second-order valence-electron chi connectivity index (χ2n) is 4.66. The molecule has 1 aromatic carbocycles. The summed E-state index contributed by atoms with van der Waals surface area (Å²) in [7, 11) is 0. The van der Waals surface area contributed by atoms with Gasteiger partial charge in [-0.2, -0.15) is 0 Å². The predicted molar refractivity (Wildman–Crippen MR) is 75.7 cm³/mol. The second-order valence-corrected chi connectivity index (χ2v) is 5.58. The van der Waals surface area contributed by atoms with Crippen molar-refractivity contribution < 1.29 is 4.79 Å². The van der Waals surface area contributed by atoms with Crippen molar-refractivity contribution in [3.63, 3.8) is 0 Å². The number of thiophene rings is 1. The summed E-state index contributed by atoms with van der Waals surface area (Å²) in [6.45, 7) is 3.02. The summed E-state index contributed by atoms with van der Waals surface area (Å²) >= 11 is 1.52. The van der Waals surface area contributed by atoms with Crippen LogP contribution in [0, 0.1) is 6.92 Å². The van der Waals surface area contributed by atoms with Crippen LogP contribution in [0.15, 0.2) is 29.6 Å². The van der Waals surface area contributed by atoms with Crippen LogP contribution >= 0.6 is 11.3 Å². The summed E-state index contributed by atoms with van der Waals surface area (Å²) in [6, 6.07) is 8.00.